The molecule has 0 radical (unpaired) electrons. The summed E-state index contributed by atoms with van der Waals surface area (Å²) in [5.74, 6) is 0. The summed E-state index contributed by atoms with van der Waals surface area (Å²) in [6.45, 7) is 11.4. The number of amides is 1. The molecule has 10 nitrogen and oxygen atoms in total. The highest BCUT2D eigenvalue weighted by molar-refractivity contribution is 7.89. The normalized spacial score (nSPS) is 20.0. The maximum absolute atomic E-state index is 13.7. The minimum atomic E-state index is -4.18. The van der Waals surface area contributed by atoms with Crippen LogP contribution in [0.4, 0.5) is 10.5 Å². The Kier molecular flexibility index (Phi) is 9.95. The first-order valence-corrected chi connectivity index (χ1v) is 18.8. The molecule has 2 aromatic rings. The van der Waals surface area contributed by atoms with Crippen molar-refractivity contribution >= 4 is 30.1 Å². The highest BCUT2D eigenvalue weighted by atomic mass is 32.2. The van der Waals surface area contributed by atoms with Gasteiger partial charge in [-0.1, -0.05) is 87.5 Å². The Hall–Kier alpha value is -3.32. The van der Waals surface area contributed by atoms with Gasteiger partial charge in [-0.05, 0) is 42.6 Å². The molecule has 232 valence electrons. The number of carbonyl (C=O) groups is 1. The van der Waals surface area contributed by atoms with E-state index >= 15 is 0 Å². The molecular formula is C31H41N3O7SSi. The standard InChI is InChI=1S/C31H41N3O7SSi/c1-31(2,3)43(4,5)41-27(21-25-15-11-19-32(25)30(35)40-23-24-13-7-6-8-14-24)22-26-16-12-20-33(26)42(38,39)29-18-10-9-17-28(29)34(36)37/h6-18,25-27H,19-23H2,1-5H3/t25-,26-,27-/m0/s1. The lowest BCUT2D eigenvalue weighted by Crippen LogP contribution is -2.48. The Morgan fingerprint density at radius 3 is 2.28 bits per heavy atom. The molecule has 2 aliphatic heterocycles. The Bertz CT molecular complexity index is 1470. The van der Waals surface area contributed by atoms with Crippen LogP contribution in [0.5, 0.6) is 0 Å². The number of hydrogen-bond acceptors (Lipinski definition) is 7. The highest BCUT2D eigenvalue weighted by Gasteiger charge is 2.43. The summed E-state index contributed by atoms with van der Waals surface area (Å²) < 4.78 is 41.3. The van der Waals surface area contributed by atoms with Crippen LogP contribution in [0.3, 0.4) is 0 Å². The molecular weight excluding hydrogens is 587 g/mol. The molecule has 2 aliphatic rings. The zero-order valence-corrected chi connectivity index (χ0v) is 27.2. The van der Waals surface area contributed by atoms with Gasteiger partial charge in [0.05, 0.1) is 11.0 Å². The summed E-state index contributed by atoms with van der Waals surface area (Å²) in [4.78, 5) is 25.4. The molecule has 0 N–H and O–H groups in total. The number of carbonyl (C=O) groups excluding carboxylic acids is 1. The Morgan fingerprint density at radius 2 is 1.60 bits per heavy atom. The third kappa shape index (κ3) is 7.61. The number of sulfonamides is 1. The second-order valence-corrected chi connectivity index (χ2v) is 19.1. The third-order valence-electron chi connectivity index (χ3n) is 8.44. The fourth-order valence-corrected chi connectivity index (χ4v) is 8.18. The molecule has 2 aromatic carbocycles. The average molecular weight is 628 g/mol. The van der Waals surface area contributed by atoms with Crippen LogP contribution in [0.1, 0.15) is 39.2 Å². The molecule has 0 spiro atoms. The van der Waals surface area contributed by atoms with Crippen molar-refractivity contribution in [2.75, 3.05) is 13.1 Å². The number of para-hydroxylation sites is 1. The first kappa shape index (κ1) is 32.6. The van der Waals surface area contributed by atoms with Gasteiger partial charge in [0.2, 0.25) is 0 Å². The number of nitro benzene ring substituents is 1. The van der Waals surface area contributed by atoms with E-state index in [-0.39, 0.29) is 29.1 Å². The molecule has 0 saturated heterocycles. The van der Waals surface area contributed by atoms with Crippen molar-refractivity contribution in [2.24, 2.45) is 0 Å². The molecule has 3 atom stereocenters. The van der Waals surface area contributed by atoms with E-state index in [2.05, 4.69) is 33.9 Å². The molecule has 2 heterocycles. The van der Waals surface area contributed by atoms with Gasteiger partial charge < -0.3 is 9.16 Å². The summed E-state index contributed by atoms with van der Waals surface area (Å²) in [5, 5.41) is 11.5. The predicted molar refractivity (Wildman–Crippen MR) is 167 cm³/mol. The number of nitro groups is 1. The summed E-state index contributed by atoms with van der Waals surface area (Å²) in [6.07, 6.45) is 7.46. The number of hydrogen-bond donors (Lipinski definition) is 0. The minimum Gasteiger partial charge on any atom is -0.445 e. The highest BCUT2D eigenvalue weighted by Crippen LogP contribution is 2.39. The van der Waals surface area contributed by atoms with Crippen LogP contribution in [0.25, 0.3) is 0 Å². The van der Waals surface area contributed by atoms with Crippen LogP contribution in [-0.2, 0) is 25.8 Å². The second-order valence-electron chi connectivity index (χ2n) is 12.5. The van der Waals surface area contributed by atoms with Crippen LogP contribution >= 0.6 is 0 Å². The topological polar surface area (TPSA) is 119 Å². The molecule has 0 aliphatic carbocycles. The van der Waals surface area contributed by atoms with Crippen molar-refractivity contribution in [3.05, 3.63) is 94.6 Å². The first-order valence-electron chi connectivity index (χ1n) is 14.4. The van der Waals surface area contributed by atoms with Gasteiger partial charge >= 0.3 is 6.09 Å². The molecule has 4 rings (SSSR count). The molecule has 0 bridgehead atoms. The van der Waals surface area contributed by atoms with E-state index in [9.17, 15) is 23.3 Å². The van der Waals surface area contributed by atoms with Crippen molar-refractivity contribution in [1.82, 2.24) is 9.21 Å². The third-order valence-corrected chi connectivity index (χ3v) is 14.9. The van der Waals surface area contributed by atoms with Gasteiger partial charge in [0.15, 0.2) is 13.2 Å². The minimum absolute atomic E-state index is 0.104. The van der Waals surface area contributed by atoms with Crippen molar-refractivity contribution in [1.29, 1.82) is 0 Å². The van der Waals surface area contributed by atoms with Gasteiger partial charge in [-0.3, -0.25) is 15.0 Å². The fourth-order valence-electron chi connectivity index (χ4n) is 5.09. The molecule has 43 heavy (non-hydrogen) atoms. The molecule has 0 fully saturated rings. The number of nitrogens with zero attached hydrogens (tertiary/aromatic N) is 3. The lowest BCUT2D eigenvalue weighted by molar-refractivity contribution is -0.387. The largest absolute Gasteiger partial charge is 0.445 e. The van der Waals surface area contributed by atoms with E-state index in [4.69, 9.17) is 9.16 Å². The van der Waals surface area contributed by atoms with Gasteiger partial charge in [-0.15, -0.1) is 0 Å². The molecule has 0 aromatic heterocycles. The van der Waals surface area contributed by atoms with E-state index in [0.717, 1.165) is 5.56 Å². The van der Waals surface area contributed by atoms with E-state index < -0.39 is 47.2 Å². The maximum atomic E-state index is 13.7. The van der Waals surface area contributed by atoms with Crippen molar-refractivity contribution in [2.45, 2.75) is 81.4 Å². The summed E-state index contributed by atoms with van der Waals surface area (Å²) in [6, 6.07) is 14.0. The second kappa shape index (κ2) is 13.1. The lowest BCUT2D eigenvalue weighted by Gasteiger charge is -2.41. The van der Waals surface area contributed by atoms with E-state index in [1.807, 2.05) is 48.6 Å². The quantitative estimate of drug-likeness (QED) is 0.125. The Balaban J connectivity index is 1.55. The van der Waals surface area contributed by atoms with Crippen LogP contribution in [0.15, 0.2) is 83.8 Å². The first-order chi connectivity index (χ1) is 20.2. The van der Waals surface area contributed by atoms with E-state index in [1.165, 1.54) is 28.6 Å². The Morgan fingerprint density at radius 1 is 1.00 bits per heavy atom. The van der Waals surface area contributed by atoms with Crippen LogP contribution in [0, 0.1) is 10.1 Å². The van der Waals surface area contributed by atoms with Gasteiger partial charge in [0.25, 0.3) is 15.7 Å². The van der Waals surface area contributed by atoms with Gasteiger partial charge in [0, 0.05) is 31.3 Å². The monoisotopic (exact) mass is 627 g/mol. The zero-order valence-electron chi connectivity index (χ0n) is 25.4. The van der Waals surface area contributed by atoms with Crippen molar-refractivity contribution in [3.8, 4) is 0 Å². The van der Waals surface area contributed by atoms with Crippen LogP contribution in [-0.4, -0.2) is 68.2 Å². The zero-order chi connectivity index (χ0) is 31.4. The summed E-state index contributed by atoms with van der Waals surface area (Å²) >= 11 is 0. The number of rotatable bonds is 11. The van der Waals surface area contributed by atoms with Crippen LogP contribution < -0.4 is 0 Å². The van der Waals surface area contributed by atoms with Crippen molar-refractivity contribution in [3.63, 3.8) is 0 Å². The molecule has 0 saturated carbocycles. The number of ether oxygens (including phenoxy) is 1. The molecule has 12 heteroatoms. The fraction of sp³-hybridized carbons (Fsp3) is 0.452. The van der Waals surface area contributed by atoms with Gasteiger partial charge in [-0.2, -0.15) is 4.31 Å². The summed E-state index contributed by atoms with van der Waals surface area (Å²) in [7, 11) is -6.50. The Labute approximate surface area is 255 Å². The SMILES string of the molecule is CC(C)(C)[Si](C)(C)O[C@@H](C[C@@H]1C=CCN1C(=O)OCc1ccccc1)C[C@@H]1C=CCN1S(=O)(=O)c1ccccc1[N+](=O)[O-]. The molecule has 1 amide bonds. The predicted octanol–water partition coefficient (Wildman–Crippen LogP) is 6.27. The number of benzene rings is 2. The van der Waals surface area contributed by atoms with Crippen molar-refractivity contribution < 1.29 is 27.3 Å². The summed E-state index contributed by atoms with van der Waals surface area (Å²) in [5.41, 5.74) is 0.439. The smallest absolute Gasteiger partial charge is 0.410 e. The van der Waals surface area contributed by atoms with E-state index in [1.54, 1.807) is 11.0 Å². The van der Waals surface area contributed by atoms with Gasteiger partial charge in [-0.25, -0.2) is 13.2 Å². The average Bonchev–Trinajstić information content (AvgIpc) is 3.61. The van der Waals surface area contributed by atoms with E-state index in [0.29, 0.717) is 19.4 Å². The van der Waals surface area contributed by atoms with Gasteiger partial charge in [0.1, 0.15) is 6.61 Å². The maximum Gasteiger partial charge on any atom is 0.410 e. The van der Waals surface area contributed by atoms with Crippen LogP contribution in [0.2, 0.25) is 18.1 Å². The lowest BCUT2D eigenvalue weighted by atomic mass is 10.0. The molecule has 0 unspecified atom stereocenters.